The van der Waals surface area contributed by atoms with E-state index in [2.05, 4.69) is 13.8 Å². The zero-order chi connectivity index (χ0) is 17.9. The van der Waals surface area contributed by atoms with E-state index in [0.717, 1.165) is 25.2 Å². The van der Waals surface area contributed by atoms with Gasteiger partial charge in [-0.1, -0.05) is 39.5 Å². The van der Waals surface area contributed by atoms with E-state index in [1.165, 1.54) is 48.3 Å². The monoisotopic (exact) mass is 360 g/mol. The summed E-state index contributed by atoms with van der Waals surface area (Å²) in [4.78, 5) is 14.1. The Labute approximate surface area is 155 Å². The fraction of sp³-hybridized carbons (Fsp3) is 0.476. The van der Waals surface area contributed by atoms with Gasteiger partial charge in [0.15, 0.2) is 0 Å². The molecule has 0 aliphatic carbocycles. The Morgan fingerprint density at radius 1 is 0.880 bits per heavy atom. The van der Waals surface area contributed by atoms with E-state index in [1.54, 1.807) is 12.1 Å². The first-order chi connectivity index (χ1) is 12.2. The van der Waals surface area contributed by atoms with Gasteiger partial charge in [-0.15, -0.1) is 11.3 Å². The lowest BCUT2D eigenvalue weighted by Gasteiger charge is -2.07. The minimum absolute atomic E-state index is 0.289. The SMILES string of the molecule is CCCCCOc1ccc(OC(=O)c2ccc(CCCCC)s2)cc1. The molecular weight excluding hydrogens is 332 g/mol. The van der Waals surface area contributed by atoms with Gasteiger partial charge in [-0.25, -0.2) is 4.79 Å². The van der Waals surface area contributed by atoms with Gasteiger partial charge < -0.3 is 9.47 Å². The number of ether oxygens (including phenoxy) is 2. The molecule has 0 bridgehead atoms. The van der Waals surface area contributed by atoms with Crippen molar-refractivity contribution in [1.29, 1.82) is 0 Å². The smallest absolute Gasteiger partial charge is 0.353 e. The van der Waals surface area contributed by atoms with Crippen molar-refractivity contribution in [2.75, 3.05) is 6.61 Å². The van der Waals surface area contributed by atoms with Gasteiger partial charge in [0.1, 0.15) is 16.4 Å². The summed E-state index contributed by atoms with van der Waals surface area (Å²) >= 11 is 1.53. The summed E-state index contributed by atoms with van der Waals surface area (Å²) < 4.78 is 11.1. The van der Waals surface area contributed by atoms with E-state index >= 15 is 0 Å². The Balaban J connectivity index is 1.81. The topological polar surface area (TPSA) is 35.5 Å². The third kappa shape index (κ3) is 6.91. The molecule has 136 valence electrons. The maximum atomic E-state index is 12.2. The molecule has 4 heteroatoms. The minimum atomic E-state index is -0.289. The average Bonchev–Trinajstić information content (AvgIpc) is 3.09. The van der Waals surface area contributed by atoms with Crippen LogP contribution in [-0.4, -0.2) is 12.6 Å². The lowest BCUT2D eigenvalue weighted by Crippen LogP contribution is -2.06. The van der Waals surface area contributed by atoms with Crippen LogP contribution in [0.5, 0.6) is 11.5 Å². The predicted molar refractivity (Wildman–Crippen MR) is 104 cm³/mol. The first-order valence-corrected chi connectivity index (χ1v) is 10.1. The summed E-state index contributed by atoms with van der Waals surface area (Å²) in [5.74, 6) is 1.07. The van der Waals surface area contributed by atoms with E-state index in [0.29, 0.717) is 10.6 Å². The van der Waals surface area contributed by atoms with Gasteiger partial charge in [0.05, 0.1) is 6.61 Å². The third-order valence-corrected chi connectivity index (χ3v) is 5.07. The highest BCUT2D eigenvalue weighted by atomic mass is 32.1. The van der Waals surface area contributed by atoms with Crippen LogP contribution in [0.15, 0.2) is 36.4 Å². The zero-order valence-electron chi connectivity index (χ0n) is 15.3. The Hall–Kier alpha value is -1.81. The minimum Gasteiger partial charge on any atom is -0.494 e. The number of thiophene rings is 1. The molecule has 25 heavy (non-hydrogen) atoms. The van der Waals surface area contributed by atoms with E-state index < -0.39 is 0 Å². The number of hydrogen-bond donors (Lipinski definition) is 0. The molecule has 0 saturated carbocycles. The number of aryl methyl sites for hydroxylation is 1. The molecule has 1 aromatic heterocycles. The molecule has 0 radical (unpaired) electrons. The summed E-state index contributed by atoms with van der Waals surface area (Å²) in [5, 5.41) is 0. The molecule has 2 aromatic rings. The summed E-state index contributed by atoms with van der Waals surface area (Å²) in [6.07, 6.45) is 8.06. The molecule has 0 aliphatic heterocycles. The van der Waals surface area contributed by atoms with Gasteiger partial charge in [0.25, 0.3) is 0 Å². The second kappa shape index (κ2) is 10.9. The fourth-order valence-electron chi connectivity index (χ4n) is 2.47. The van der Waals surface area contributed by atoms with Crippen molar-refractivity contribution in [3.8, 4) is 11.5 Å². The van der Waals surface area contributed by atoms with Crippen LogP contribution < -0.4 is 9.47 Å². The van der Waals surface area contributed by atoms with E-state index in [4.69, 9.17) is 9.47 Å². The van der Waals surface area contributed by atoms with Crippen molar-refractivity contribution < 1.29 is 14.3 Å². The van der Waals surface area contributed by atoms with Crippen molar-refractivity contribution in [2.24, 2.45) is 0 Å². The molecule has 0 saturated heterocycles. The number of esters is 1. The molecule has 0 N–H and O–H groups in total. The molecule has 0 atom stereocenters. The second-order valence-electron chi connectivity index (χ2n) is 6.14. The average molecular weight is 361 g/mol. The van der Waals surface area contributed by atoms with Gasteiger partial charge >= 0.3 is 5.97 Å². The fourth-order valence-corrected chi connectivity index (χ4v) is 3.40. The summed E-state index contributed by atoms with van der Waals surface area (Å²) in [5.41, 5.74) is 0. The molecule has 0 amide bonds. The Morgan fingerprint density at radius 3 is 2.28 bits per heavy atom. The first-order valence-electron chi connectivity index (χ1n) is 9.26. The molecule has 1 aromatic carbocycles. The number of unbranched alkanes of at least 4 members (excludes halogenated alkanes) is 4. The van der Waals surface area contributed by atoms with Crippen LogP contribution >= 0.6 is 11.3 Å². The van der Waals surface area contributed by atoms with E-state index in [-0.39, 0.29) is 5.97 Å². The Kier molecular flexibility index (Phi) is 8.53. The van der Waals surface area contributed by atoms with Gasteiger partial charge in [-0.05, 0) is 55.7 Å². The molecule has 0 aliphatic rings. The van der Waals surface area contributed by atoms with Crippen molar-refractivity contribution in [2.45, 2.75) is 58.8 Å². The van der Waals surface area contributed by atoms with Crippen LogP contribution in [0.3, 0.4) is 0 Å². The van der Waals surface area contributed by atoms with Crippen molar-refractivity contribution in [3.05, 3.63) is 46.2 Å². The van der Waals surface area contributed by atoms with Crippen molar-refractivity contribution in [1.82, 2.24) is 0 Å². The zero-order valence-corrected chi connectivity index (χ0v) is 16.1. The Morgan fingerprint density at radius 2 is 1.56 bits per heavy atom. The van der Waals surface area contributed by atoms with E-state index in [9.17, 15) is 4.79 Å². The molecule has 0 fully saturated rings. The number of carbonyl (C=O) groups excluding carboxylic acids is 1. The largest absolute Gasteiger partial charge is 0.494 e. The lowest BCUT2D eigenvalue weighted by atomic mass is 10.2. The summed E-state index contributed by atoms with van der Waals surface area (Å²) in [6.45, 7) is 5.09. The van der Waals surface area contributed by atoms with Crippen LogP contribution in [0, 0.1) is 0 Å². The number of hydrogen-bond acceptors (Lipinski definition) is 4. The lowest BCUT2D eigenvalue weighted by molar-refractivity contribution is 0.0739. The summed E-state index contributed by atoms with van der Waals surface area (Å²) in [6, 6.07) is 11.1. The van der Waals surface area contributed by atoms with Gasteiger partial charge in [-0.2, -0.15) is 0 Å². The quantitative estimate of drug-likeness (QED) is 0.269. The van der Waals surface area contributed by atoms with Crippen LogP contribution in [0.1, 0.15) is 66.9 Å². The predicted octanol–water partition coefficient (Wildman–Crippen LogP) is 6.27. The van der Waals surface area contributed by atoms with Crippen molar-refractivity contribution in [3.63, 3.8) is 0 Å². The van der Waals surface area contributed by atoms with Gasteiger partial charge in [0.2, 0.25) is 0 Å². The standard InChI is InChI=1S/C21H28O3S/c1-3-5-7-9-19-14-15-20(25-19)21(22)24-18-12-10-17(11-13-18)23-16-8-6-4-2/h10-15H,3-9,16H2,1-2H3. The van der Waals surface area contributed by atoms with E-state index in [1.807, 2.05) is 24.3 Å². The van der Waals surface area contributed by atoms with Crippen LogP contribution in [0.25, 0.3) is 0 Å². The molecular formula is C21H28O3S. The van der Waals surface area contributed by atoms with Crippen LogP contribution in [0.4, 0.5) is 0 Å². The highest BCUT2D eigenvalue weighted by Crippen LogP contribution is 2.23. The summed E-state index contributed by atoms with van der Waals surface area (Å²) in [7, 11) is 0. The second-order valence-corrected chi connectivity index (χ2v) is 7.31. The van der Waals surface area contributed by atoms with Crippen LogP contribution in [-0.2, 0) is 6.42 Å². The van der Waals surface area contributed by atoms with Gasteiger partial charge in [-0.3, -0.25) is 0 Å². The van der Waals surface area contributed by atoms with Crippen LogP contribution in [0.2, 0.25) is 0 Å². The molecule has 1 heterocycles. The third-order valence-electron chi connectivity index (χ3n) is 3.94. The molecule has 2 rings (SSSR count). The number of carbonyl (C=O) groups is 1. The molecule has 0 unspecified atom stereocenters. The van der Waals surface area contributed by atoms with Crippen molar-refractivity contribution >= 4 is 17.3 Å². The highest BCUT2D eigenvalue weighted by molar-refractivity contribution is 7.13. The first kappa shape index (κ1) is 19.5. The number of rotatable bonds is 11. The maximum Gasteiger partial charge on any atom is 0.353 e. The highest BCUT2D eigenvalue weighted by Gasteiger charge is 2.12. The van der Waals surface area contributed by atoms with Gasteiger partial charge in [0, 0.05) is 4.88 Å². The molecule has 3 nitrogen and oxygen atoms in total. The Bertz CT molecular complexity index is 631. The number of benzene rings is 1. The maximum absolute atomic E-state index is 12.2. The normalized spacial score (nSPS) is 10.6. The molecule has 0 spiro atoms.